The van der Waals surface area contributed by atoms with Crippen LogP contribution in [-0.4, -0.2) is 30.1 Å². The van der Waals surface area contributed by atoms with Gasteiger partial charge in [0.05, 0.1) is 0 Å². The molecular weight excluding hydrogens is 112 g/mol. The SMILES string of the molecule is CN1[C@@H]2CC(N)C[C@@H]1C2. The Balaban J connectivity index is 2.01. The molecule has 3 rings (SSSR count). The van der Waals surface area contributed by atoms with Crippen LogP contribution in [0.2, 0.25) is 0 Å². The Morgan fingerprint density at radius 1 is 1.22 bits per heavy atom. The molecule has 1 saturated carbocycles. The van der Waals surface area contributed by atoms with Crippen LogP contribution < -0.4 is 5.73 Å². The average molecular weight is 126 g/mol. The number of fused-ring (bicyclic) bond motifs is 2. The van der Waals surface area contributed by atoms with Crippen LogP contribution in [0.15, 0.2) is 0 Å². The van der Waals surface area contributed by atoms with Crippen molar-refractivity contribution in [1.82, 2.24) is 4.90 Å². The lowest BCUT2D eigenvalue weighted by atomic mass is 9.78. The van der Waals surface area contributed by atoms with Crippen molar-refractivity contribution in [1.29, 1.82) is 0 Å². The second-order valence-corrected chi connectivity index (χ2v) is 3.44. The smallest absolute Gasteiger partial charge is 0.0125 e. The fourth-order valence-corrected chi connectivity index (χ4v) is 2.13. The second kappa shape index (κ2) is 1.70. The molecular formula is C7H14N2. The Morgan fingerprint density at radius 2 is 1.78 bits per heavy atom. The molecule has 2 heterocycles. The number of rotatable bonds is 0. The van der Waals surface area contributed by atoms with Gasteiger partial charge in [0, 0.05) is 18.1 Å². The minimum Gasteiger partial charge on any atom is -0.328 e. The van der Waals surface area contributed by atoms with E-state index in [1.165, 1.54) is 19.3 Å². The molecule has 3 aliphatic rings. The van der Waals surface area contributed by atoms with Crippen molar-refractivity contribution in [3.8, 4) is 0 Å². The normalized spacial score (nSPS) is 50.7. The van der Waals surface area contributed by atoms with Crippen molar-refractivity contribution < 1.29 is 0 Å². The standard InChI is InChI=1S/C7H14N2/c1-9-6-2-5(8)3-7(9)4-6/h5-7H,2-4,8H2,1H3/t6-,7-/m1/s1. The fourth-order valence-electron chi connectivity index (χ4n) is 2.13. The summed E-state index contributed by atoms with van der Waals surface area (Å²) in [6.45, 7) is 0. The number of hydrogen-bond donors (Lipinski definition) is 1. The van der Waals surface area contributed by atoms with Gasteiger partial charge in [-0.05, 0) is 26.3 Å². The first-order chi connectivity index (χ1) is 4.27. The van der Waals surface area contributed by atoms with Crippen LogP contribution in [0.4, 0.5) is 0 Å². The number of nitrogens with two attached hydrogens (primary N) is 1. The van der Waals surface area contributed by atoms with Crippen LogP contribution in [0.3, 0.4) is 0 Å². The van der Waals surface area contributed by atoms with Gasteiger partial charge >= 0.3 is 0 Å². The molecule has 3 fully saturated rings. The maximum Gasteiger partial charge on any atom is 0.0125 e. The van der Waals surface area contributed by atoms with Crippen molar-refractivity contribution in [2.24, 2.45) is 5.73 Å². The van der Waals surface area contributed by atoms with Crippen LogP contribution in [0.25, 0.3) is 0 Å². The molecule has 2 aliphatic heterocycles. The van der Waals surface area contributed by atoms with Crippen molar-refractivity contribution in [2.45, 2.75) is 37.4 Å². The van der Waals surface area contributed by atoms with Crippen molar-refractivity contribution in [3.63, 3.8) is 0 Å². The van der Waals surface area contributed by atoms with E-state index >= 15 is 0 Å². The maximum atomic E-state index is 5.79. The first-order valence-electron chi connectivity index (χ1n) is 3.75. The van der Waals surface area contributed by atoms with Gasteiger partial charge in [-0.3, -0.25) is 0 Å². The van der Waals surface area contributed by atoms with Crippen molar-refractivity contribution >= 4 is 0 Å². The second-order valence-electron chi connectivity index (χ2n) is 3.44. The zero-order valence-electron chi connectivity index (χ0n) is 5.88. The molecule has 2 atom stereocenters. The summed E-state index contributed by atoms with van der Waals surface area (Å²) in [5.74, 6) is 0. The lowest BCUT2D eigenvalue weighted by molar-refractivity contribution is -0.0114. The summed E-state index contributed by atoms with van der Waals surface area (Å²) in [7, 11) is 2.21. The quantitative estimate of drug-likeness (QED) is 0.501. The lowest BCUT2D eigenvalue weighted by Gasteiger charge is -2.53. The monoisotopic (exact) mass is 126 g/mol. The van der Waals surface area contributed by atoms with E-state index in [0.29, 0.717) is 6.04 Å². The Kier molecular flexibility index (Phi) is 1.08. The van der Waals surface area contributed by atoms with E-state index in [2.05, 4.69) is 11.9 Å². The summed E-state index contributed by atoms with van der Waals surface area (Å²) in [6, 6.07) is 2.17. The molecule has 1 aliphatic carbocycles. The third kappa shape index (κ3) is 0.700. The van der Waals surface area contributed by atoms with Crippen LogP contribution in [0.5, 0.6) is 0 Å². The first kappa shape index (κ1) is 5.69. The summed E-state index contributed by atoms with van der Waals surface area (Å²) < 4.78 is 0. The Hall–Kier alpha value is -0.0800. The number of hydrogen-bond acceptors (Lipinski definition) is 2. The van der Waals surface area contributed by atoms with Gasteiger partial charge in [0.2, 0.25) is 0 Å². The van der Waals surface area contributed by atoms with E-state index in [1.54, 1.807) is 0 Å². The van der Waals surface area contributed by atoms with Crippen molar-refractivity contribution in [3.05, 3.63) is 0 Å². The van der Waals surface area contributed by atoms with Crippen LogP contribution in [0, 0.1) is 0 Å². The molecule has 0 unspecified atom stereocenters. The van der Waals surface area contributed by atoms with E-state index in [4.69, 9.17) is 5.73 Å². The Morgan fingerprint density at radius 3 is 2.11 bits per heavy atom. The highest BCUT2D eigenvalue weighted by atomic mass is 15.2. The highest BCUT2D eigenvalue weighted by Crippen LogP contribution is 2.35. The van der Waals surface area contributed by atoms with Gasteiger partial charge in [0.15, 0.2) is 0 Å². The fraction of sp³-hybridized carbons (Fsp3) is 1.00. The molecule has 0 spiro atoms. The Bertz CT molecular complexity index is 112. The molecule has 0 radical (unpaired) electrons. The van der Waals surface area contributed by atoms with E-state index in [0.717, 1.165) is 12.1 Å². The molecule has 2 nitrogen and oxygen atoms in total. The lowest BCUT2D eigenvalue weighted by Crippen LogP contribution is -2.61. The predicted octanol–water partition coefficient (Wildman–Crippen LogP) is 0.180. The highest BCUT2D eigenvalue weighted by Gasteiger charge is 2.41. The molecule has 0 aromatic heterocycles. The third-order valence-corrected chi connectivity index (χ3v) is 2.85. The van der Waals surface area contributed by atoms with Gasteiger partial charge in [0.25, 0.3) is 0 Å². The minimum absolute atomic E-state index is 0.505. The van der Waals surface area contributed by atoms with E-state index in [9.17, 15) is 0 Å². The molecule has 2 N–H and O–H groups in total. The van der Waals surface area contributed by atoms with Crippen molar-refractivity contribution in [2.75, 3.05) is 7.05 Å². The van der Waals surface area contributed by atoms with Gasteiger partial charge in [0.1, 0.15) is 0 Å². The van der Waals surface area contributed by atoms with Gasteiger partial charge in [-0.15, -0.1) is 0 Å². The van der Waals surface area contributed by atoms with E-state index < -0.39 is 0 Å². The zero-order valence-corrected chi connectivity index (χ0v) is 5.88. The molecule has 0 aromatic rings. The molecule has 2 bridgehead atoms. The number of nitrogens with zero attached hydrogens (tertiary/aromatic N) is 1. The summed E-state index contributed by atoms with van der Waals surface area (Å²) >= 11 is 0. The predicted molar refractivity (Wildman–Crippen MR) is 37.2 cm³/mol. The zero-order chi connectivity index (χ0) is 6.43. The third-order valence-electron chi connectivity index (χ3n) is 2.85. The molecule has 0 aromatic carbocycles. The molecule has 52 valence electrons. The largest absolute Gasteiger partial charge is 0.328 e. The average Bonchev–Trinajstić information content (AvgIpc) is 1.87. The molecule has 2 heteroatoms. The van der Waals surface area contributed by atoms with E-state index in [-0.39, 0.29) is 0 Å². The van der Waals surface area contributed by atoms with Gasteiger partial charge in [-0.2, -0.15) is 0 Å². The summed E-state index contributed by atoms with van der Waals surface area (Å²) in [4.78, 5) is 2.46. The van der Waals surface area contributed by atoms with Gasteiger partial charge in [-0.1, -0.05) is 0 Å². The van der Waals surface area contributed by atoms with E-state index in [1.807, 2.05) is 0 Å². The molecule has 0 amide bonds. The summed E-state index contributed by atoms with van der Waals surface area (Å²) in [6.07, 6.45) is 3.87. The molecule has 2 saturated heterocycles. The number of piperidine rings is 1. The first-order valence-corrected chi connectivity index (χ1v) is 3.75. The maximum absolute atomic E-state index is 5.79. The minimum atomic E-state index is 0.505. The molecule has 9 heavy (non-hydrogen) atoms. The summed E-state index contributed by atoms with van der Waals surface area (Å²) in [5.41, 5.74) is 5.79. The Labute approximate surface area is 56.0 Å². The van der Waals surface area contributed by atoms with Crippen LogP contribution >= 0.6 is 0 Å². The topological polar surface area (TPSA) is 29.3 Å². The van der Waals surface area contributed by atoms with Gasteiger partial charge < -0.3 is 10.6 Å². The van der Waals surface area contributed by atoms with Crippen LogP contribution in [0.1, 0.15) is 19.3 Å². The van der Waals surface area contributed by atoms with Gasteiger partial charge in [-0.25, -0.2) is 0 Å². The highest BCUT2D eigenvalue weighted by molar-refractivity contribution is 4.99. The summed E-state index contributed by atoms with van der Waals surface area (Å²) in [5, 5.41) is 0. The van der Waals surface area contributed by atoms with Crippen LogP contribution in [-0.2, 0) is 0 Å².